The van der Waals surface area contributed by atoms with Crippen LogP contribution in [0.5, 0.6) is 0 Å². The number of benzene rings is 1. The summed E-state index contributed by atoms with van der Waals surface area (Å²) in [6.07, 6.45) is 4.18. The first-order valence-electron chi connectivity index (χ1n) is 7.71. The van der Waals surface area contributed by atoms with Crippen molar-refractivity contribution in [2.24, 2.45) is 0 Å². The number of amides is 2. The van der Waals surface area contributed by atoms with Crippen molar-refractivity contribution >= 4 is 15.9 Å². The summed E-state index contributed by atoms with van der Waals surface area (Å²) in [5.41, 5.74) is 1.34. The Morgan fingerprint density at radius 3 is 2.64 bits per heavy atom. The number of hydrogen-bond donors (Lipinski definition) is 1. The molecule has 1 atom stereocenters. The minimum Gasteiger partial charge on any atom is -0.337 e. The molecule has 6 heteroatoms. The summed E-state index contributed by atoms with van der Waals surface area (Å²) < 4.78 is 22.2. The topological polar surface area (TPSA) is 66.5 Å². The van der Waals surface area contributed by atoms with Gasteiger partial charge >= 0.3 is 6.03 Å². The maximum atomic E-state index is 12.1. The number of nitrogens with zero attached hydrogens (tertiary/aromatic N) is 1. The average molecular weight is 324 g/mol. The zero-order valence-corrected chi connectivity index (χ0v) is 13.8. The van der Waals surface area contributed by atoms with Gasteiger partial charge in [0.1, 0.15) is 9.84 Å². The van der Waals surface area contributed by atoms with E-state index in [1.54, 1.807) is 4.90 Å². The first-order chi connectivity index (χ1) is 10.5. The number of carbonyl (C=O) groups is 1. The van der Waals surface area contributed by atoms with Crippen LogP contribution in [0.4, 0.5) is 4.79 Å². The highest BCUT2D eigenvalue weighted by Gasteiger charge is 2.21. The molecule has 0 saturated carbocycles. The number of likely N-dealkylation sites (tertiary alicyclic amines) is 1. The second kappa shape index (κ2) is 7.63. The Morgan fingerprint density at radius 1 is 1.23 bits per heavy atom. The number of nitrogens with one attached hydrogen (secondary N) is 1. The van der Waals surface area contributed by atoms with Gasteiger partial charge in [0, 0.05) is 25.9 Å². The van der Waals surface area contributed by atoms with Gasteiger partial charge in [-0.15, -0.1) is 0 Å². The van der Waals surface area contributed by atoms with E-state index in [0.717, 1.165) is 25.8 Å². The molecule has 1 aromatic rings. The van der Waals surface area contributed by atoms with Crippen LogP contribution in [0.3, 0.4) is 0 Å². The third-order valence-electron chi connectivity index (χ3n) is 4.04. The van der Waals surface area contributed by atoms with Crippen LogP contribution in [-0.2, 0) is 9.84 Å². The van der Waals surface area contributed by atoms with E-state index in [0.29, 0.717) is 12.5 Å². The van der Waals surface area contributed by atoms with Gasteiger partial charge in [0.05, 0.1) is 5.75 Å². The van der Waals surface area contributed by atoms with Crippen LogP contribution >= 0.6 is 0 Å². The summed E-state index contributed by atoms with van der Waals surface area (Å²) in [7, 11) is -3.04. The molecule has 1 aliphatic heterocycles. The molecule has 2 rings (SSSR count). The standard InChI is InChI=1S/C16H24N2O3S/c1-22(20,21)13-10-17-16(19)18-11-5-8-15(9-12-18)14-6-3-2-4-7-14/h2-4,6-7,15H,5,8-13H2,1H3,(H,17,19)/t15-/m0/s1. The van der Waals surface area contributed by atoms with E-state index in [9.17, 15) is 13.2 Å². The average Bonchev–Trinajstić information content (AvgIpc) is 2.72. The van der Waals surface area contributed by atoms with Crippen molar-refractivity contribution in [3.8, 4) is 0 Å². The zero-order chi connectivity index (χ0) is 16.0. The number of sulfone groups is 1. The van der Waals surface area contributed by atoms with Gasteiger partial charge in [0.2, 0.25) is 0 Å². The minimum absolute atomic E-state index is 0.0147. The lowest BCUT2D eigenvalue weighted by Crippen LogP contribution is -2.42. The van der Waals surface area contributed by atoms with Crippen LogP contribution in [0, 0.1) is 0 Å². The molecule has 0 unspecified atom stereocenters. The lowest BCUT2D eigenvalue weighted by atomic mass is 9.92. The Balaban J connectivity index is 1.83. The predicted molar refractivity (Wildman–Crippen MR) is 87.7 cm³/mol. The second-order valence-electron chi connectivity index (χ2n) is 5.89. The highest BCUT2D eigenvalue weighted by molar-refractivity contribution is 7.90. The fraction of sp³-hybridized carbons (Fsp3) is 0.562. The summed E-state index contributed by atoms with van der Waals surface area (Å²) >= 11 is 0. The lowest BCUT2D eigenvalue weighted by Gasteiger charge is -2.21. The minimum atomic E-state index is -3.04. The molecule has 122 valence electrons. The molecule has 1 heterocycles. The predicted octanol–water partition coefficient (Wildman–Crippen LogP) is 2.01. The van der Waals surface area contributed by atoms with Crippen LogP contribution in [0.2, 0.25) is 0 Å². The summed E-state index contributed by atoms with van der Waals surface area (Å²) in [5.74, 6) is 0.481. The Kier molecular flexibility index (Phi) is 5.83. The van der Waals surface area contributed by atoms with Crippen molar-refractivity contribution in [1.29, 1.82) is 0 Å². The summed E-state index contributed by atoms with van der Waals surface area (Å²) in [5, 5.41) is 2.70. The second-order valence-corrected chi connectivity index (χ2v) is 8.15. The van der Waals surface area contributed by atoms with Crippen LogP contribution < -0.4 is 5.32 Å². The molecule has 1 aromatic carbocycles. The van der Waals surface area contributed by atoms with Gasteiger partial charge in [-0.2, -0.15) is 0 Å². The van der Waals surface area contributed by atoms with Crippen molar-refractivity contribution in [3.63, 3.8) is 0 Å². The van der Waals surface area contributed by atoms with E-state index >= 15 is 0 Å². The molecule has 0 radical (unpaired) electrons. The third-order valence-corrected chi connectivity index (χ3v) is 4.98. The largest absolute Gasteiger partial charge is 0.337 e. The zero-order valence-electron chi connectivity index (χ0n) is 13.0. The highest BCUT2D eigenvalue weighted by atomic mass is 32.2. The molecular formula is C16H24N2O3S. The summed E-state index contributed by atoms with van der Waals surface area (Å²) in [6, 6.07) is 10.3. The third kappa shape index (κ3) is 5.33. The van der Waals surface area contributed by atoms with E-state index in [2.05, 4.69) is 29.6 Å². The van der Waals surface area contributed by atoms with Gasteiger partial charge in [0.25, 0.3) is 0 Å². The number of carbonyl (C=O) groups excluding carboxylic acids is 1. The molecule has 1 N–H and O–H groups in total. The van der Waals surface area contributed by atoms with Gasteiger partial charge in [-0.05, 0) is 30.7 Å². The molecule has 0 bridgehead atoms. The van der Waals surface area contributed by atoms with Gasteiger partial charge in [-0.3, -0.25) is 0 Å². The molecule has 1 fully saturated rings. The number of rotatable bonds is 4. The van der Waals surface area contributed by atoms with E-state index in [1.165, 1.54) is 11.8 Å². The van der Waals surface area contributed by atoms with Crippen LogP contribution in [-0.4, -0.2) is 51.0 Å². The van der Waals surface area contributed by atoms with Gasteiger partial charge in [0.15, 0.2) is 0 Å². The Labute approximate surface area is 132 Å². The monoisotopic (exact) mass is 324 g/mol. The Hall–Kier alpha value is -1.56. The molecule has 0 aliphatic carbocycles. The Bertz CT molecular complexity index is 587. The van der Waals surface area contributed by atoms with Gasteiger partial charge in [-0.25, -0.2) is 13.2 Å². The van der Waals surface area contributed by atoms with E-state index in [4.69, 9.17) is 0 Å². The van der Waals surface area contributed by atoms with Crippen molar-refractivity contribution in [1.82, 2.24) is 10.2 Å². The van der Waals surface area contributed by atoms with Crippen molar-refractivity contribution in [2.45, 2.75) is 25.2 Å². The number of urea groups is 1. The molecule has 1 saturated heterocycles. The van der Waals surface area contributed by atoms with Crippen molar-refractivity contribution < 1.29 is 13.2 Å². The first-order valence-corrected chi connectivity index (χ1v) is 9.77. The van der Waals surface area contributed by atoms with Crippen LogP contribution in [0.15, 0.2) is 30.3 Å². The molecule has 2 amide bonds. The molecular weight excluding hydrogens is 300 g/mol. The van der Waals surface area contributed by atoms with Gasteiger partial charge < -0.3 is 10.2 Å². The lowest BCUT2D eigenvalue weighted by molar-refractivity contribution is 0.200. The molecule has 0 aromatic heterocycles. The maximum Gasteiger partial charge on any atom is 0.317 e. The van der Waals surface area contributed by atoms with Crippen LogP contribution in [0.1, 0.15) is 30.7 Å². The van der Waals surface area contributed by atoms with Crippen LogP contribution in [0.25, 0.3) is 0 Å². The fourth-order valence-corrected chi connectivity index (χ4v) is 3.29. The van der Waals surface area contributed by atoms with Crippen molar-refractivity contribution in [3.05, 3.63) is 35.9 Å². The molecule has 1 aliphatic rings. The first kappa shape index (κ1) is 16.8. The van der Waals surface area contributed by atoms with E-state index in [-0.39, 0.29) is 18.3 Å². The molecule has 22 heavy (non-hydrogen) atoms. The molecule has 5 nitrogen and oxygen atoms in total. The fourth-order valence-electron chi connectivity index (χ4n) is 2.81. The maximum absolute atomic E-state index is 12.1. The van der Waals surface area contributed by atoms with E-state index in [1.807, 2.05) is 6.07 Å². The SMILES string of the molecule is CS(=O)(=O)CCNC(=O)N1CCC[C@H](c2ccccc2)CC1. The van der Waals surface area contributed by atoms with Crippen molar-refractivity contribution in [2.75, 3.05) is 31.6 Å². The highest BCUT2D eigenvalue weighted by Crippen LogP contribution is 2.27. The Morgan fingerprint density at radius 2 is 1.95 bits per heavy atom. The smallest absolute Gasteiger partial charge is 0.317 e. The quantitative estimate of drug-likeness (QED) is 0.921. The normalized spacial score (nSPS) is 19.5. The summed E-state index contributed by atoms with van der Waals surface area (Å²) in [4.78, 5) is 13.9. The van der Waals surface area contributed by atoms with Gasteiger partial charge in [-0.1, -0.05) is 30.3 Å². The number of hydrogen-bond acceptors (Lipinski definition) is 3. The molecule has 0 spiro atoms. The van der Waals surface area contributed by atoms with E-state index < -0.39 is 9.84 Å². The summed E-state index contributed by atoms with van der Waals surface area (Å²) in [6.45, 7) is 1.62.